The fourth-order valence-electron chi connectivity index (χ4n) is 3.26. The van der Waals surface area contributed by atoms with Crippen LogP contribution in [-0.2, 0) is 12.8 Å². The van der Waals surface area contributed by atoms with Crippen molar-refractivity contribution in [1.82, 2.24) is 19.9 Å². The van der Waals surface area contributed by atoms with Gasteiger partial charge in [-0.15, -0.1) is 0 Å². The van der Waals surface area contributed by atoms with E-state index in [0.29, 0.717) is 5.95 Å². The van der Waals surface area contributed by atoms with E-state index < -0.39 is 0 Å². The smallest absolute Gasteiger partial charge is 0.224 e. The number of para-hydroxylation sites is 1. The molecule has 0 unspecified atom stereocenters. The van der Waals surface area contributed by atoms with E-state index in [1.807, 2.05) is 36.7 Å². The van der Waals surface area contributed by atoms with Gasteiger partial charge in [0.25, 0.3) is 0 Å². The van der Waals surface area contributed by atoms with Crippen molar-refractivity contribution in [2.24, 2.45) is 0 Å². The molecule has 0 aliphatic rings. The van der Waals surface area contributed by atoms with Gasteiger partial charge in [0.05, 0.1) is 0 Å². The van der Waals surface area contributed by atoms with Gasteiger partial charge in [-0.2, -0.15) is 4.98 Å². The maximum Gasteiger partial charge on any atom is 0.224 e. The molecular weight excluding hydrogens is 348 g/mol. The topological polar surface area (TPSA) is 69.7 Å². The van der Waals surface area contributed by atoms with E-state index in [9.17, 15) is 0 Å². The van der Waals surface area contributed by atoms with Crippen LogP contribution >= 0.6 is 0 Å². The van der Waals surface area contributed by atoms with Crippen molar-refractivity contribution in [3.05, 3.63) is 78.4 Å². The summed E-state index contributed by atoms with van der Waals surface area (Å²) in [5.74, 6) is 1.58. The highest BCUT2D eigenvalue weighted by molar-refractivity contribution is 5.83. The van der Waals surface area contributed by atoms with Crippen molar-refractivity contribution in [2.45, 2.75) is 12.8 Å². The number of fused-ring (bicyclic) bond motifs is 1. The average molecular weight is 372 g/mol. The van der Waals surface area contributed by atoms with Crippen LogP contribution in [0.5, 0.6) is 0 Å². The molecule has 0 amide bonds. The van der Waals surface area contributed by atoms with E-state index >= 15 is 0 Å². The first-order chi connectivity index (χ1) is 13.8. The summed E-state index contributed by atoms with van der Waals surface area (Å²) in [5.41, 5.74) is 3.74. The second-order valence-corrected chi connectivity index (χ2v) is 6.80. The number of aromatic nitrogens is 4. The summed E-state index contributed by atoms with van der Waals surface area (Å²) >= 11 is 0. The summed E-state index contributed by atoms with van der Waals surface area (Å²) in [7, 11) is 2.05. The predicted octanol–water partition coefficient (Wildman–Crippen LogP) is 3.69. The van der Waals surface area contributed by atoms with Gasteiger partial charge in [-0.1, -0.05) is 18.2 Å². The van der Waals surface area contributed by atoms with Crippen molar-refractivity contribution < 1.29 is 0 Å². The van der Waals surface area contributed by atoms with Crippen LogP contribution < -0.4 is 10.2 Å². The lowest BCUT2D eigenvalue weighted by molar-refractivity contribution is 0.853. The Morgan fingerprint density at radius 3 is 2.75 bits per heavy atom. The third-order valence-electron chi connectivity index (χ3n) is 4.87. The Labute approximate surface area is 164 Å². The largest absolute Gasteiger partial charge is 0.361 e. The maximum absolute atomic E-state index is 4.65. The zero-order chi connectivity index (χ0) is 19.2. The van der Waals surface area contributed by atoms with Crippen LogP contribution in [-0.4, -0.2) is 40.1 Å². The number of hydrogen-bond acceptors (Lipinski definition) is 5. The first-order valence-corrected chi connectivity index (χ1v) is 9.51. The number of pyridine rings is 1. The third-order valence-corrected chi connectivity index (χ3v) is 4.87. The van der Waals surface area contributed by atoms with Gasteiger partial charge in [0.2, 0.25) is 5.95 Å². The van der Waals surface area contributed by atoms with Gasteiger partial charge in [-0.05, 0) is 48.2 Å². The molecule has 0 saturated carbocycles. The Bertz CT molecular complexity index is 1030. The lowest BCUT2D eigenvalue weighted by Crippen LogP contribution is -2.22. The van der Waals surface area contributed by atoms with Gasteiger partial charge in [-0.25, -0.2) is 4.98 Å². The lowest BCUT2D eigenvalue weighted by atomic mass is 10.1. The predicted molar refractivity (Wildman–Crippen MR) is 114 cm³/mol. The fraction of sp³-hybridized carbons (Fsp3) is 0.227. The minimum absolute atomic E-state index is 0.660. The van der Waals surface area contributed by atoms with Crippen molar-refractivity contribution in [2.75, 3.05) is 30.4 Å². The van der Waals surface area contributed by atoms with Crippen LogP contribution in [0.2, 0.25) is 0 Å². The molecule has 2 N–H and O–H groups in total. The second-order valence-electron chi connectivity index (χ2n) is 6.80. The number of rotatable bonds is 8. The summed E-state index contributed by atoms with van der Waals surface area (Å²) in [6, 6.07) is 14.4. The first-order valence-electron chi connectivity index (χ1n) is 9.51. The minimum atomic E-state index is 0.660. The van der Waals surface area contributed by atoms with E-state index in [1.54, 1.807) is 6.20 Å². The number of likely N-dealkylation sites (N-methyl/N-ethyl adjacent to an activating group) is 1. The molecule has 0 saturated heterocycles. The molecule has 0 spiro atoms. The van der Waals surface area contributed by atoms with Gasteiger partial charge in [-0.3, -0.25) is 4.98 Å². The lowest BCUT2D eigenvalue weighted by Gasteiger charge is -2.18. The number of hydrogen-bond donors (Lipinski definition) is 2. The number of benzene rings is 1. The SMILES string of the molecule is CN(CCc1ccncc1)c1ccnc(NCCc2c[nH]c3ccccc23)n1. The molecule has 1 aromatic carbocycles. The van der Waals surface area contributed by atoms with E-state index in [0.717, 1.165) is 31.7 Å². The molecule has 0 radical (unpaired) electrons. The maximum atomic E-state index is 4.65. The van der Waals surface area contributed by atoms with Crippen LogP contribution in [0.3, 0.4) is 0 Å². The normalized spacial score (nSPS) is 10.9. The highest BCUT2D eigenvalue weighted by Crippen LogP contribution is 2.18. The third kappa shape index (κ3) is 4.28. The van der Waals surface area contributed by atoms with Gasteiger partial charge in [0.1, 0.15) is 5.82 Å². The minimum Gasteiger partial charge on any atom is -0.361 e. The van der Waals surface area contributed by atoms with Gasteiger partial charge >= 0.3 is 0 Å². The fourth-order valence-corrected chi connectivity index (χ4v) is 3.26. The average Bonchev–Trinajstić information content (AvgIpc) is 3.16. The van der Waals surface area contributed by atoms with Crippen molar-refractivity contribution in [1.29, 1.82) is 0 Å². The summed E-state index contributed by atoms with van der Waals surface area (Å²) in [4.78, 5) is 18.5. The summed E-state index contributed by atoms with van der Waals surface area (Å²) in [6.45, 7) is 1.67. The molecule has 0 aliphatic carbocycles. The zero-order valence-electron chi connectivity index (χ0n) is 16.0. The zero-order valence-corrected chi connectivity index (χ0v) is 16.0. The van der Waals surface area contributed by atoms with Crippen molar-refractivity contribution in [3.63, 3.8) is 0 Å². The molecule has 0 aliphatic heterocycles. The monoisotopic (exact) mass is 372 g/mol. The molecule has 6 nitrogen and oxygen atoms in total. The van der Waals surface area contributed by atoms with Gasteiger partial charge in [0, 0.05) is 55.8 Å². The molecular formula is C22H24N6. The quantitative estimate of drug-likeness (QED) is 0.494. The number of nitrogens with one attached hydrogen (secondary N) is 2. The highest BCUT2D eigenvalue weighted by atomic mass is 15.2. The Hall–Kier alpha value is -3.41. The van der Waals surface area contributed by atoms with E-state index in [1.165, 1.54) is 22.0 Å². The van der Waals surface area contributed by atoms with Gasteiger partial charge in [0.15, 0.2) is 0 Å². The summed E-state index contributed by atoms with van der Waals surface area (Å²) < 4.78 is 0. The molecule has 28 heavy (non-hydrogen) atoms. The Morgan fingerprint density at radius 1 is 1.00 bits per heavy atom. The second kappa shape index (κ2) is 8.52. The number of nitrogens with zero attached hydrogens (tertiary/aromatic N) is 4. The molecule has 0 bridgehead atoms. The van der Waals surface area contributed by atoms with Crippen LogP contribution in [0.4, 0.5) is 11.8 Å². The molecule has 3 aromatic heterocycles. The molecule has 4 rings (SSSR count). The van der Waals surface area contributed by atoms with E-state index in [2.05, 4.69) is 61.6 Å². The molecule has 6 heteroatoms. The molecule has 142 valence electrons. The van der Waals surface area contributed by atoms with Crippen LogP contribution in [0.25, 0.3) is 10.9 Å². The molecule has 4 aromatic rings. The number of anilines is 2. The number of H-pyrrole nitrogens is 1. The van der Waals surface area contributed by atoms with Crippen molar-refractivity contribution >= 4 is 22.7 Å². The Balaban J connectivity index is 1.33. The molecule has 0 atom stereocenters. The Kier molecular flexibility index (Phi) is 5.47. The van der Waals surface area contributed by atoms with Crippen molar-refractivity contribution in [3.8, 4) is 0 Å². The summed E-state index contributed by atoms with van der Waals surface area (Å²) in [5, 5.41) is 4.62. The first kappa shape index (κ1) is 18.0. The highest BCUT2D eigenvalue weighted by Gasteiger charge is 2.06. The Morgan fingerprint density at radius 2 is 1.86 bits per heavy atom. The number of aromatic amines is 1. The molecule has 0 fully saturated rings. The van der Waals surface area contributed by atoms with E-state index in [-0.39, 0.29) is 0 Å². The van der Waals surface area contributed by atoms with Crippen LogP contribution in [0.1, 0.15) is 11.1 Å². The molecule has 3 heterocycles. The van der Waals surface area contributed by atoms with Crippen LogP contribution in [0, 0.1) is 0 Å². The van der Waals surface area contributed by atoms with Crippen LogP contribution in [0.15, 0.2) is 67.3 Å². The summed E-state index contributed by atoms with van der Waals surface area (Å²) in [6.07, 6.45) is 9.41. The van der Waals surface area contributed by atoms with E-state index in [4.69, 9.17) is 0 Å². The van der Waals surface area contributed by atoms with Gasteiger partial charge < -0.3 is 15.2 Å². The standard InChI is InChI=1S/C22H24N6/c1-28(15-10-17-6-11-23-12-7-17)21-9-14-25-22(27-21)24-13-8-18-16-26-20-5-3-2-4-19(18)20/h2-7,9,11-12,14,16,26H,8,10,13,15H2,1H3,(H,24,25,27).